The second-order valence-corrected chi connectivity index (χ2v) is 2.80. The molecule has 1 aromatic heterocycles. The Kier molecular flexibility index (Phi) is 3.41. The summed E-state index contributed by atoms with van der Waals surface area (Å²) < 4.78 is 4.53. The first-order valence-electron chi connectivity index (χ1n) is 3.66. The van der Waals surface area contributed by atoms with E-state index in [0.717, 1.165) is 0 Å². The molecule has 0 aliphatic heterocycles. The highest BCUT2D eigenvalue weighted by Crippen LogP contribution is 2.06. The molecule has 1 amide bonds. The molecule has 2 N–H and O–H groups in total. The Hall–Kier alpha value is -1.62. The van der Waals surface area contributed by atoms with Crippen LogP contribution in [0, 0.1) is 0 Å². The second-order valence-electron chi connectivity index (χ2n) is 2.41. The normalized spacial score (nSPS) is 9.50. The zero-order valence-corrected chi connectivity index (χ0v) is 7.82. The van der Waals surface area contributed by atoms with Crippen molar-refractivity contribution < 1.29 is 14.3 Å². The van der Waals surface area contributed by atoms with Crippen molar-refractivity contribution in [2.45, 2.75) is 0 Å². The van der Waals surface area contributed by atoms with Gasteiger partial charge in [0.1, 0.15) is 5.15 Å². The SMILES string of the molecule is NC(=O)COC(=O)c1ccc(Cl)nc1. The zero-order valence-electron chi connectivity index (χ0n) is 7.07. The van der Waals surface area contributed by atoms with Gasteiger partial charge < -0.3 is 10.5 Å². The van der Waals surface area contributed by atoms with Crippen LogP contribution >= 0.6 is 11.6 Å². The number of carbonyl (C=O) groups excluding carboxylic acids is 2. The minimum atomic E-state index is -0.708. The fourth-order valence-electron chi connectivity index (χ4n) is 0.717. The molecule has 0 saturated carbocycles. The molecule has 0 saturated heterocycles. The van der Waals surface area contributed by atoms with Gasteiger partial charge in [-0.05, 0) is 12.1 Å². The molecule has 0 aliphatic carbocycles. The van der Waals surface area contributed by atoms with Gasteiger partial charge in [-0.15, -0.1) is 0 Å². The summed E-state index contributed by atoms with van der Waals surface area (Å²) >= 11 is 5.51. The van der Waals surface area contributed by atoms with Crippen molar-refractivity contribution in [2.75, 3.05) is 6.61 Å². The van der Waals surface area contributed by atoms with Crippen LogP contribution < -0.4 is 5.73 Å². The van der Waals surface area contributed by atoms with Gasteiger partial charge >= 0.3 is 5.97 Å². The van der Waals surface area contributed by atoms with Gasteiger partial charge in [-0.1, -0.05) is 11.6 Å². The Balaban J connectivity index is 2.61. The molecular weight excluding hydrogens is 208 g/mol. The molecule has 6 heteroatoms. The number of ether oxygens (including phenoxy) is 1. The van der Waals surface area contributed by atoms with Crippen molar-refractivity contribution in [1.82, 2.24) is 4.98 Å². The van der Waals surface area contributed by atoms with Gasteiger partial charge in [0.2, 0.25) is 0 Å². The number of hydrogen-bond acceptors (Lipinski definition) is 4. The first-order valence-corrected chi connectivity index (χ1v) is 4.04. The van der Waals surface area contributed by atoms with Crippen LogP contribution in [0.1, 0.15) is 10.4 Å². The molecule has 0 bridgehead atoms. The van der Waals surface area contributed by atoms with Crippen LogP contribution in [0.4, 0.5) is 0 Å². The maximum atomic E-state index is 11.1. The smallest absolute Gasteiger partial charge is 0.340 e. The molecular formula is C8H7ClN2O3. The number of carbonyl (C=O) groups is 2. The molecule has 0 aromatic carbocycles. The van der Waals surface area contributed by atoms with E-state index in [2.05, 4.69) is 9.72 Å². The van der Waals surface area contributed by atoms with Gasteiger partial charge in [-0.2, -0.15) is 0 Å². The second kappa shape index (κ2) is 4.57. The summed E-state index contributed by atoms with van der Waals surface area (Å²) in [5.74, 6) is -1.37. The number of hydrogen-bond donors (Lipinski definition) is 1. The number of esters is 1. The van der Waals surface area contributed by atoms with E-state index in [4.69, 9.17) is 17.3 Å². The number of halogens is 1. The summed E-state index contributed by atoms with van der Waals surface area (Å²) in [6, 6.07) is 2.89. The summed E-state index contributed by atoms with van der Waals surface area (Å²) in [6.45, 7) is -0.443. The number of nitrogens with two attached hydrogens (primary N) is 1. The molecule has 74 valence electrons. The van der Waals surface area contributed by atoms with Crippen LogP contribution in [0.15, 0.2) is 18.3 Å². The molecule has 5 nitrogen and oxygen atoms in total. The molecule has 1 aromatic rings. The van der Waals surface area contributed by atoms with E-state index >= 15 is 0 Å². The van der Waals surface area contributed by atoms with E-state index in [9.17, 15) is 9.59 Å². The van der Waals surface area contributed by atoms with Crippen LogP contribution in [0.2, 0.25) is 5.15 Å². The first-order chi connectivity index (χ1) is 6.59. The number of amides is 1. The molecule has 0 aliphatic rings. The van der Waals surface area contributed by atoms with Crippen molar-refractivity contribution in [3.8, 4) is 0 Å². The lowest BCUT2D eigenvalue weighted by atomic mass is 10.3. The Morgan fingerprint density at radius 3 is 2.71 bits per heavy atom. The van der Waals surface area contributed by atoms with Crippen LogP contribution in [0.25, 0.3) is 0 Å². The monoisotopic (exact) mass is 214 g/mol. The lowest BCUT2D eigenvalue weighted by Crippen LogP contribution is -2.20. The zero-order chi connectivity index (χ0) is 10.6. The molecule has 0 spiro atoms. The van der Waals surface area contributed by atoms with Crippen molar-refractivity contribution >= 4 is 23.5 Å². The third-order valence-electron chi connectivity index (χ3n) is 1.31. The predicted molar refractivity (Wildman–Crippen MR) is 48.7 cm³/mol. The number of aromatic nitrogens is 1. The van der Waals surface area contributed by atoms with E-state index in [1.54, 1.807) is 0 Å². The average Bonchev–Trinajstić information content (AvgIpc) is 2.15. The predicted octanol–water partition coefficient (Wildman–Crippen LogP) is 0.377. The van der Waals surface area contributed by atoms with Crippen LogP contribution in [0.5, 0.6) is 0 Å². The highest BCUT2D eigenvalue weighted by Gasteiger charge is 2.08. The highest BCUT2D eigenvalue weighted by atomic mass is 35.5. The van der Waals surface area contributed by atoms with Crippen molar-refractivity contribution in [3.63, 3.8) is 0 Å². The Morgan fingerprint density at radius 1 is 1.50 bits per heavy atom. The van der Waals surface area contributed by atoms with Gasteiger partial charge in [0, 0.05) is 6.20 Å². The number of nitrogens with zero attached hydrogens (tertiary/aromatic N) is 1. The molecule has 1 rings (SSSR count). The molecule has 14 heavy (non-hydrogen) atoms. The Bertz CT molecular complexity index is 350. The lowest BCUT2D eigenvalue weighted by molar-refractivity contribution is -0.121. The van der Waals surface area contributed by atoms with Gasteiger partial charge in [0.15, 0.2) is 6.61 Å². The highest BCUT2D eigenvalue weighted by molar-refractivity contribution is 6.29. The van der Waals surface area contributed by atoms with Gasteiger partial charge in [-0.25, -0.2) is 9.78 Å². The number of pyridine rings is 1. The lowest BCUT2D eigenvalue weighted by Gasteiger charge is -2.01. The summed E-state index contributed by atoms with van der Waals surface area (Å²) in [5, 5.41) is 0.274. The largest absolute Gasteiger partial charge is 0.452 e. The summed E-state index contributed by atoms with van der Waals surface area (Å²) in [4.78, 5) is 25.1. The van der Waals surface area contributed by atoms with Crippen molar-refractivity contribution in [1.29, 1.82) is 0 Å². The minimum absolute atomic E-state index is 0.218. The van der Waals surface area contributed by atoms with Crippen LogP contribution in [0.3, 0.4) is 0 Å². The van der Waals surface area contributed by atoms with E-state index in [0.29, 0.717) is 0 Å². The van der Waals surface area contributed by atoms with Crippen molar-refractivity contribution in [2.24, 2.45) is 5.73 Å². The maximum Gasteiger partial charge on any atom is 0.340 e. The fourth-order valence-corrected chi connectivity index (χ4v) is 0.828. The van der Waals surface area contributed by atoms with E-state index in [1.165, 1.54) is 18.3 Å². The Morgan fingerprint density at radius 2 is 2.21 bits per heavy atom. The Labute approximate surface area is 84.8 Å². The van der Waals surface area contributed by atoms with Crippen LogP contribution in [-0.2, 0) is 9.53 Å². The van der Waals surface area contributed by atoms with Crippen LogP contribution in [-0.4, -0.2) is 23.5 Å². The minimum Gasteiger partial charge on any atom is -0.452 e. The topological polar surface area (TPSA) is 82.3 Å². The molecule has 0 radical (unpaired) electrons. The van der Waals surface area contributed by atoms with Gasteiger partial charge in [0.25, 0.3) is 5.91 Å². The summed E-state index contributed by atoms with van der Waals surface area (Å²) in [7, 11) is 0. The molecule has 0 fully saturated rings. The van der Waals surface area contributed by atoms with Gasteiger partial charge in [0.05, 0.1) is 5.56 Å². The third-order valence-corrected chi connectivity index (χ3v) is 1.53. The van der Waals surface area contributed by atoms with Crippen molar-refractivity contribution in [3.05, 3.63) is 29.0 Å². The molecule has 0 unspecified atom stereocenters. The fraction of sp³-hybridized carbons (Fsp3) is 0.125. The molecule has 1 heterocycles. The van der Waals surface area contributed by atoms with E-state index in [1.807, 2.05) is 0 Å². The van der Waals surface area contributed by atoms with E-state index < -0.39 is 18.5 Å². The first kappa shape index (κ1) is 10.5. The maximum absolute atomic E-state index is 11.1. The standard InChI is InChI=1S/C8H7ClN2O3/c9-6-2-1-5(3-11-6)8(13)14-4-7(10)12/h1-3H,4H2,(H2,10,12). The number of primary amides is 1. The van der Waals surface area contributed by atoms with E-state index in [-0.39, 0.29) is 10.7 Å². The molecule has 0 atom stereocenters. The average molecular weight is 215 g/mol. The number of rotatable bonds is 3. The van der Waals surface area contributed by atoms with Gasteiger partial charge in [-0.3, -0.25) is 4.79 Å². The third kappa shape index (κ3) is 3.02. The summed E-state index contributed by atoms with van der Waals surface area (Å²) in [5.41, 5.74) is 5.01. The summed E-state index contributed by atoms with van der Waals surface area (Å²) in [6.07, 6.45) is 1.26. The quantitative estimate of drug-likeness (QED) is 0.582.